The first kappa shape index (κ1) is 17.3. The maximum atomic E-state index is 11.8. The van der Waals surface area contributed by atoms with Crippen LogP contribution in [-0.4, -0.2) is 52.7 Å². The number of carbonyl (C=O) groups is 3. The number of nitrogens with zero attached hydrogens (tertiary/aromatic N) is 1. The molecule has 114 valence electrons. The van der Waals surface area contributed by atoms with E-state index in [2.05, 4.69) is 15.9 Å². The average Bonchev–Trinajstić information content (AvgIpc) is 2.35. The molecule has 0 saturated heterocycles. The molecule has 0 atom stereocenters. The Kier molecular flexibility index (Phi) is 6.44. The summed E-state index contributed by atoms with van der Waals surface area (Å²) >= 11 is 8.95. The molecule has 0 fully saturated rings. The lowest BCUT2D eigenvalue weighted by Gasteiger charge is -2.18. The van der Waals surface area contributed by atoms with Gasteiger partial charge in [-0.25, -0.2) is 0 Å². The number of rotatable bonds is 7. The molecule has 0 saturated carbocycles. The van der Waals surface area contributed by atoms with E-state index in [0.717, 1.165) is 0 Å². The first-order valence-corrected chi connectivity index (χ1v) is 6.76. The molecule has 0 aliphatic heterocycles. The number of hydrogen-bond acceptors (Lipinski definition) is 4. The predicted octanol–water partition coefficient (Wildman–Crippen LogP) is 1.48. The van der Waals surface area contributed by atoms with Crippen LogP contribution in [0.2, 0.25) is 5.02 Å². The van der Waals surface area contributed by atoms with Crippen molar-refractivity contribution in [3.05, 3.63) is 27.7 Å². The van der Waals surface area contributed by atoms with Crippen LogP contribution in [0.5, 0.6) is 5.75 Å². The fraction of sp³-hybridized carbons (Fsp3) is 0.250. The van der Waals surface area contributed by atoms with Crippen molar-refractivity contribution >= 4 is 45.4 Å². The van der Waals surface area contributed by atoms with Crippen LogP contribution in [0.15, 0.2) is 22.7 Å². The Labute approximate surface area is 133 Å². The number of hydrogen-bond donors (Lipinski definition) is 2. The third-order valence-electron chi connectivity index (χ3n) is 2.25. The normalized spacial score (nSPS) is 10.0. The molecule has 21 heavy (non-hydrogen) atoms. The van der Waals surface area contributed by atoms with Crippen molar-refractivity contribution in [1.29, 1.82) is 0 Å². The molecular formula is C12H11BrClNO6. The van der Waals surface area contributed by atoms with Gasteiger partial charge in [-0.2, -0.15) is 0 Å². The highest BCUT2D eigenvalue weighted by atomic mass is 79.9. The van der Waals surface area contributed by atoms with E-state index in [-0.39, 0.29) is 0 Å². The van der Waals surface area contributed by atoms with Crippen LogP contribution in [0.25, 0.3) is 0 Å². The summed E-state index contributed by atoms with van der Waals surface area (Å²) in [7, 11) is 0. The van der Waals surface area contributed by atoms with Crippen molar-refractivity contribution in [3.8, 4) is 5.75 Å². The second-order valence-corrected chi connectivity index (χ2v) is 5.19. The lowest BCUT2D eigenvalue weighted by Crippen LogP contribution is -2.41. The Hall–Kier alpha value is -1.80. The van der Waals surface area contributed by atoms with E-state index in [0.29, 0.717) is 20.1 Å². The Balaban J connectivity index is 2.68. The number of amides is 1. The second kappa shape index (κ2) is 7.84. The van der Waals surface area contributed by atoms with Gasteiger partial charge in [-0.05, 0) is 34.1 Å². The van der Waals surface area contributed by atoms with E-state index in [4.69, 9.17) is 26.6 Å². The third kappa shape index (κ3) is 6.01. The summed E-state index contributed by atoms with van der Waals surface area (Å²) in [5, 5.41) is 17.8. The Morgan fingerprint density at radius 1 is 1.19 bits per heavy atom. The number of ether oxygens (including phenoxy) is 1. The summed E-state index contributed by atoms with van der Waals surface area (Å²) in [5.41, 5.74) is 0. The van der Waals surface area contributed by atoms with Crippen molar-refractivity contribution in [3.63, 3.8) is 0 Å². The fourth-order valence-electron chi connectivity index (χ4n) is 1.38. The topological polar surface area (TPSA) is 104 Å². The number of benzene rings is 1. The number of carboxylic acids is 2. The average molecular weight is 381 g/mol. The zero-order chi connectivity index (χ0) is 16.0. The smallest absolute Gasteiger partial charge is 0.323 e. The highest BCUT2D eigenvalue weighted by Crippen LogP contribution is 2.27. The number of carbonyl (C=O) groups excluding carboxylic acids is 1. The molecule has 1 amide bonds. The van der Waals surface area contributed by atoms with Gasteiger partial charge < -0.3 is 19.8 Å². The molecule has 0 heterocycles. The van der Waals surface area contributed by atoms with Gasteiger partial charge in [-0.15, -0.1) is 0 Å². The van der Waals surface area contributed by atoms with E-state index in [9.17, 15) is 14.4 Å². The summed E-state index contributed by atoms with van der Waals surface area (Å²) < 4.78 is 5.73. The van der Waals surface area contributed by atoms with E-state index in [1.807, 2.05) is 0 Å². The van der Waals surface area contributed by atoms with Crippen molar-refractivity contribution in [1.82, 2.24) is 4.90 Å². The monoisotopic (exact) mass is 379 g/mol. The zero-order valence-electron chi connectivity index (χ0n) is 10.6. The van der Waals surface area contributed by atoms with Crippen molar-refractivity contribution in [2.24, 2.45) is 0 Å². The highest BCUT2D eigenvalue weighted by molar-refractivity contribution is 9.10. The maximum absolute atomic E-state index is 11.8. The Bertz CT molecular complexity index is 549. The van der Waals surface area contributed by atoms with Gasteiger partial charge in [0.15, 0.2) is 6.61 Å². The molecule has 0 unspecified atom stereocenters. The maximum Gasteiger partial charge on any atom is 0.323 e. The largest absolute Gasteiger partial charge is 0.483 e. The molecule has 0 aromatic heterocycles. The van der Waals surface area contributed by atoms with E-state index in [1.54, 1.807) is 12.1 Å². The molecule has 0 radical (unpaired) electrons. The van der Waals surface area contributed by atoms with E-state index >= 15 is 0 Å². The van der Waals surface area contributed by atoms with Crippen LogP contribution >= 0.6 is 27.5 Å². The van der Waals surface area contributed by atoms with Gasteiger partial charge in [0.1, 0.15) is 18.8 Å². The molecule has 7 nitrogen and oxygen atoms in total. The number of carboxylic acid groups (broad SMARTS) is 2. The van der Waals surface area contributed by atoms with Gasteiger partial charge in [-0.1, -0.05) is 11.6 Å². The van der Waals surface area contributed by atoms with E-state index in [1.165, 1.54) is 6.07 Å². The van der Waals surface area contributed by atoms with Crippen LogP contribution in [0.1, 0.15) is 0 Å². The molecule has 0 aliphatic carbocycles. The van der Waals surface area contributed by atoms with E-state index < -0.39 is 37.5 Å². The van der Waals surface area contributed by atoms with Crippen LogP contribution in [-0.2, 0) is 14.4 Å². The standard InChI is InChI=1S/C12H11BrClNO6/c13-8-3-7(14)1-2-9(8)21-6-10(16)15(4-11(17)18)5-12(19)20/h1-3H,4-6H2,(H,17,18)(H,19,20). The van der Waals surface area contributed by atoms with Gasteiger partial charge in [0.25, 0.3) is 5.91 Å². The summed E-state index contributed by atoms with van der Waals surface area (Å²) in [6.45, 7) is -1.91. The van der Waals surface area contributed by atoms with Crippen LogP contribution < -0.4 is 4.74 Å². The van der Waals surface area contributed by atoms with Gasteiger partial charge in [0, 0.05) is 5.02 Å². The first-order valence-electron chi connectivity index (χ1n) is 5.59. The lowest BCUT2D eigenvalue weighted by atomic mass is 10.3. The minimum atomic E-state index is -1.31. The Morgan fingerprint density at radius 3 is 2.24 bits per heavy atom. The quantitative estimate of drug-likeness (QED) is 0.742. The molecule has 0 bridgehead atoms. The van der Waals surface area contributed by atoms with Crippen LogP contribution in [0, 0.1) is 0 Å². The minimum absolute atomic E-state index is 0.332. The van der Waals surface area contributed by atoms with Crippen molar-refractivity contribution in [2.45, 2.75) is 0 Å². The van der Waals surface area contributed by atoms with Gasteiger partial charge in [0.05, 0.1) is 4.47 Å². The van der Waals surface area contributed by atoms with Crippen LogP contribution in [0.3, 0.4) is 0 Å². The Morgan fingerprint density at radius 2 is 1.76 bits per heavy atom. The molecule has 1 aromatic carbocycles. The summed E-state index contributed by atoms with van der Waals surface area (Å²) in [4.78, 5) is 33.7. The molecule has 1 rings (SSSR count). The van der Waals surface area contributed by atoms with Crippen LogP contribution in [0.4, 0.5) is 0 Å². The summed E-state index contributed by atoms with van der Waals surface area (Å²) in [6, 6.07) is 4.64. The van der Waals surface area contributed by atoms with Gasteiger partial charge in [0.2, 0.25) is 0 Å². The fourth-order valence-corrected chi connectivity index (χ4v) is 2.18. The number of aliphatic carboxylic acids is 2. The van der Waals surface area contributed by atoms with Gasteiger partial charge >= 0.3 is 11.9 Å². The molecule has 2 N–H and O–H groups in total. The second-order valence-electron chi connectivity index (χ2n) is 3.90. The molecule has 1 aromatic rings. The minimum Gasteiger partial charge on any atom is -0.483 e. The van der Waals surface area contributed by atoms with Crippen molar-refractivity contribution < 1.29 is 29.3 Å². The number of halogens is 2. The third-order valence-corrected chi connectivity index (χ3v) is 3.10. The van der Waals surface area contributed by atoms with Crippen molar-refractivity contribution in [2.75, 3.05) is 19.7 Å². The SMILES string of the molecule is O=C(O)CN(CC(=O)O)C(=O)COc1ccc(Cl)cc1Br. The van der Waals surface area contributed by atoms with Gasteiger partial charge in [-0.3, -0.25) is 14.4 Å². The molecule has 0 aliphatic rings. The molecule has 0 spiro atoms. The predicted molar refractivity (Wildman–Crippen MR) is 76.5 cm³/mol. The molecule has 9 heteroatoms. The lowest BCUT2D eigenvalue weighted by molar-refractivity contribution is -0.150. The zero-order valence-corrected chi connectivity index (χ0v) is 12.9. The molecular weight excluding hydrogens is 369 g/mol. The summed E-state index contributed by atoms with van der Waals surface area (Å²) in [6.07, 6.45) is 0. The summed E-state index contributed by atoms with van der Waals surface area (Å²) in [5.74, 6) is -3.03. The first-order chi connectivity index (χ1) is 9.79. The highest BCUT2D eigenvalue weighted by Gasteiger charge is 2.20.